The first-order valence-electron chi connectivity index (χ1n) is 9.92. The lowest BCUT2D eigenvalue weighted by atomic mass is 9.64. The zero-order chi connectivity index (χ0) is 22.3. The maximum atomic E-state index is 13.1. The Balaban J connectivity index is 1.72. The van der Waals surface area contributed by atoms with E-state index in [1.807, 2.05) is 0 Å². The van der Waals surface area contributed by atoms with Crippen LogP contribution in [0.3, 0.4) is 0 Å². The van der Waals surface area contributed by atoms with Crippen LogP contribution >= 0.6 is 11.6 Å². The minimum absolute atomic E-state index is 0.0849. The molecule has 2 atom stereocenters. The molecule has 1 saturated carbocycles. The summed E-state index contributed by atoms with van der Waals surface area (Å²) in [6, 6.07) is 3.93. The zero-order valence-corrected chi connectivity index (χ0v) is 18.4. The van der Waals surface area contributed by atoms with Crippen LogP contribution < -0.4 is 16.0 Å². The van der Waals surface area contributed by atoms with Crippen LogP contribution in [0.5, 0.6) is 0 Å². The van der Waals surface area contributed by atoms with E-state index in [1.54, 1.807) is 6.07 Å². The highest BCUT2D eigenvalue weighted by Crippen LogP contribution is 2.46. The van der Waals surface area contributed by atoms with E-state index in [-0.39, 0.29) is 33.7 Å². The lowest BCUT2D eigenvalue weighted by Gasteiger charge is -2.43. The minimum Gasteiger partial charge on any atom is -0.355 e. The summed E-state index contributed by atoms with van der Waals surface area (Å²) in [4.78, 5) is 51.1. The van der Waals surface area contributed by atoms with E-state index < -0.39 is 24.0 Å². The second-order valence-corrected chi connectivity index (χ2v) is 9.49. The molecule has 1 aromatic rings. The van der Waals surface area contributed by atoms with E-state index >= 15 is 0 Å². The minimum atomic E-state index is -0.953. The Hall–Kier alpha value is -2.61. The van der Waals surface area contributed by atoms with Gasteiger partial charge in [0.1, 0.15) is 12.1 Å². The van der Waals surface area contributed by atoms with Crippen molar-refractivity contribution in [3.05, 3.63) is 28.8 Å². The molecular weight excluding hydrogens is 408 g/mol. The summed E-state index contributed by atoms with van der Waals surface area (Å²) in [5.74, 6) is -1.00. The topological polar surface area (TPSA) is 108 Å². The second-order valence-electron chi connectivity index (χ2n) is 9.08. The van der Waals surface area contributed by atoms with Gasteiger partial charge in [0, 0.05) is 12.7 Å². The summed E-state index contributed by atoms with van der Waals surface area (Å²) < 4.78 is 0. The molecule has 1 aliphatic carbocycles. The maximum Gasteiger partial charge on any atom is 0.325 e. The summed E-state index contributed by atoms with van der Waals surface area (Å²) in [7, 11) is 1.48. The van der Waals surface area contributed by atoms with Crippen molar-refractivity contribution >= 4 is 41.0 Å². The summed E-state index contributed by atoms with van der Waals surface area (Å²) in [6.45, 7) is 5.84. The van der Waals surface area contributed by atoms with Crippen LogP contribution in [0.2, 0.25) is 5.02 Å². The first-order valence-corrected chi connectivity index (χ1v) is 10.3. The first-order chi connectivity index (χ1) is 14.0. The van der Waals surface area contributed by atoms with Crippen molar-refractivity contribution in [2.75, 3.05) is 18.9 Å². The molecule has 2 fully saturated rings. The fraction of sp³-hybridized carbons (Fsp3) is 0.524. The molecule has 0 radical (unpaired) electrons. The van der Waals surface area contributed by atoms with Crippen molar-refractivity contribution in [2.24, 2.45) is 11.3 Å². The van der Waals surface area contributed by atoms with Gasteiger partial charge >= 0.3 is 6.03 Å². The number of nitrogens with one attached hydrogen (secondary N) is 3. The SMILES string of the molecule is CNC(=O)c1cc(NC(=O)CN2C(=O)NC3(CC(C)CC(C)(C)C3)C2=O)ccc1Cl. The van der Waals surface area contributed by atoms with Crippen LogP contribution in [0.1, 0.15) is 50.4 Å². The van der Waals surface area contributed by atoms with Crippen LogP contribution in [0.4, 0.5) is 10.5 Å². The molecule has 1 aliphatic heterocycles. The number of nitrogens with zero attached hydrogens (tertiary/aromatic N) is 1. The van der Waals surface area contributed by atoms with Crippen LogP contribution in [-0.4, -0.2) is 47.8 Å². The number of halogens is 1. The molecule has 0 bridgehead atoms. The number of rotatable bonds is 4. The monoisotopic (exact) mass is 434 g/mol. The highest BCUT2D eigenvalue weighted by atomic mass is 35.5. The van der Waals surface area contributed by atoms with Gasteiger partial charge in [0.2, 0.25) is 5.91 Å². The summed E-state index contributed by atoms with van der Waals surface area (Å²) in [5.41, 5.74) is -0.481. The van der Waals surface area contributed by atoms with E-state index in [4.69, 9.17) is 11.6 Å². The van der Waals surface area contributed by atoms with E-state index in [1.165, 1.54) is 19.2 Å². The Morgan fingerprint density at radius 2 is 1.97 bits per heavy atom. The fourth-order valence-corrected chi connectivity index (χ4v) is 5.11. The molecule has 162 valence electrons. The highest BCUT2D eigenvalue weighted by molar-refractivity contribution is 6.34. The Kier molecular flexibility index (Phi) is 5.82. The van der Waals surface area contributed by atoms with Gasteiger partial charge in [-0.1, -0.05) is 32.4 Å². The molecule has 2 unspecified atom stereocenters. The summed E-state index contributed by atoms with van der Waals surface area (Å²) >= 11 is 6.02. The molecule has 0 aromatic heterocycles. The van der Waals surface area contributed by atoms with Crippen molar-refractivity contribution < 1.29 is 19.2 Å². The third kappa shape index (κ3) is 4.28. The van der Waals surface area contributed by atoms with Crippen molar-refractivity contribution in [3.63, 3.8) is 0 Å². The Morgan fingerprint density at radius 3 is 2.60 bits per heavy atom. The average Bonchev–Trinajstić information content (AvgIpc) is 2.84. The number of benzene rings is 1. The molecule has 9 heteroatoms. The van der Waals surface area contributed by atoms with Gasteiger partial charge in [-0.05, 0) is 48.8 Å². The van der Waals surface area contributed by atoms with Gasteiger partial charge in [-0.3, -0.25) is 19.3 Å². The number of imide groups is 1. The van der Waals surface area contributed by atoms with Gasteiger partial charge in [0.15, 0.2) is 0 Å². The molecule has 30 heavy (non-hydrogen) atoms. The van der Waals surface area contributed by atoms with E-state index in [2.05, 4.69) is 36.7 Å². The summed E-state index contributed by atoms with van der Waals surface area (Å²) in [5, 5.41) is 8.19. The molecule has 1 saturated heterocycles. The van der Waals surface area contributed by atoms with E-state index in [9.17, 15) is 19.2 Å². The molecule has 1 aromatic carbocycles. The molecule has 3 rings (SSSR count). The molecule has 8 nitrogen and oxygen atoms in total. The predicted molar refractivity (Wildman–Crippen MR) is 113 cm³/mol. The Morgan fingerprint density at radius 1 is 1.27 bits per heavy atom. The number of hydrogen-bond donors (Lipinski definition) is 3. The van der Waals surface area contributed by atoms with Gasteiger partial charge in [-0.25, -0.2) is 4.79 Å². The zero-order valence-electron chi connectivity index (χ0n) is 17.6. The molecule has 5 amide bonds. The molecule has 3 N–H and O–H groups in total. The lowest BCUT2D eigenvalue weighted by Crippen LogP contribution is -2.54. The number of urea groups is 1. The smallest absolute Gasteiger partial charge is 0.325 e. The van der Waals surface area contributed by atoms with E-state index in [0.717, 1.165) is 11.3 Å². The third-order valence-electron chi connectivity index (χ3n) is 5.65. The average molecular weight is 435 g/mol. The number of amides is 5. The summed E-state index contributed by atoms with van der Waals surface area (Å²) in [6.07, 6.45) is 2.08. The molecule has 1 spiro atoms. The third-order valence-corrected chi connectivity index (χ3v) is 5.98. The first kappa shape index (κ1) is 22.1. The van der Waals surface area contributed by atoms with Gasteiger partial charge in [-0.15, -0.1) is 0 Å². The van der Waals surface area contributed by atoms with Crippen LogP contribution in [0, 0.1) is 11.3 Å². The second kappa shape index (κ2) is 7.91. The predicted octanol–water partition coefficient (Wildman–Crippen LogP) is 2.77. The lowest BCUT2D eigenvalue weighted by molar-refractivity contribution is -0.136. The van der Waals surface area contributed by atoms with Crippen molar-refractivity contribution in [1.29, 1.82) is 0 Å². The quantitative estimate of drug-likeness (QED) is 0.633. The van der Waals surface area contributed by atoms with Crippen LogP contribution in [-0.2, 0) is 9.59 Å². The number of anilines is 1. The number of hydrogen-bond acceptors (Lipinski definition) is 4. The maximum absolute atomic E-state index is 13.1. The molecule has 1 heterocycles. The normalized spacial score (nSPS) is 25.2. The number of carbonyl (C=O) groups excluding carboxylic acids is 4. The van der Waals surface area contributed by atoms with Crippen molar-refractivity contribution in [3.8, 4) is 0 Å². The van der Waals surface area contributed by atoms with Gasteiger partial charge in [0.05, 0.1) is 10.6 Å². The van der Waals surface area contributed by atoms with Crippen molar-refractivity contribution in [2.45, 2.75) is 45.6 Å². The van der Waals surface area contributed by atoms with E-state index in [0.29, 0.717) is 18.5 Å². The number of carbonyl (C=O) groups is 4. The Bertz CT molecular complexity index is 916. The van der Waals surface area contributed by atoms with Gasteiger partial charge in [-0.2, -0.15) is 0 Å². The molecule has 2 aliphatic rings. The van der Waals surface area contributed by atoms with Gasteiger partial charge < -0.3 is 16.0 Å². The molecular formula is C21H27ClN4O4. The largest absolute Gasteiger partial charge is 0.355 e. The fourth-order valence-electron chi connectivity index (χ4n) is 4.91. The van der Waals surface area contributed by atoms with Crippen LogP contribution in [0.25, 0.3) is 0 Å². The Labute approximate surface area is 180 Å². The standard InChI is InChI=1S/C21H27ClN4O4/c1-12-8-20(2,3)11-21(9-12)18(29)26(19(30)25-21)10-16(27)24-13-5-6-15(22)14(7-13)17(28)23-4/h5-7,12H,8-11H2,1-4H3,(H,23,28)(H,24,27)(H,25,30). The van der Waals surface area contributed by atoms with Crippen molar-refractivity contribution in [1.82, 2.24) is 15.5 Å². The van der Waals surface area contributed by atoms with Crippen LogP contribution in [0.15, 0.2) is 18.2 Å². The van der Waals surface area contributed by atoms with Gasteiger partial charge in [0.25, 0.3) is 11.8 Å². The highest BCUT2D eigenvalue weighted by Gasteiger charge is 2.56.